The molecule has 0 saturated carbocycles. The summed E-state index contributed by atoms with van der Waals surface area (Å²) < 4.78 is 1.25. The molecule has 1 aliphatic carbocycles. The largest absolute Gasteiger partial charge is 0.338 e. The van der Waals surface area contributed by atoms with E-state index in [2.05, 4.69) is 15.6 Å². The predicted octanol–water partition coefficient (Wildman–Crippen LogP) is 0.792. The van der Waals surface area contributed by atoms with Gasteiger partial charge in [0.2, 0.25) is 5.91 Å². The minimum Gasteiger partial charge on any atom is -0.338 e. The van der Waals surface area contributed by atoms with Gasteiger partial charge in [-0.3, -0.25) is 19.5 Å². The maximum atomic E-state index is 12.5. The lowest BCUT2D eigenvalue weighted by Gasteiger charge is -2.07. The van der Waals surface area contributed by atoms with E-state index in [1.807, 2.05) is 0 Å². The van der Waals surface area contributed by atoms with Crippen LogP contribution in [0, 0.1) is 0 Å². The molecule has 0 bridgehead atoms. The van der Waals surface area contributed by atoms with Crippen LogP contribution in [0.25, 0.3) is 10.2 Å². The molecular formula is C14H16N4O3S. The van der Waals surface area contributed by atoms with Crippen LogP contribution in [0.2, 0.25) is 0 Å². The Bertz CT molecular complexity index is 808. The van der Waals surface area contributed by atoms with E-state index in [1.54, 1.807) is 18.3 Å². The number of carbonyl (C=O) groups excluding carboxylic acids is 2. The van der Waals surface area contributed by atoms with Crippen molar-refractivity contribution >= 4 is 33.5 Å². The van der Waals surface area contributed by atoms with Crippen LogP contribution in [-0.2, 0) is 24.2 Å². The molecule has 116 valence electrons. The first kappa shape index (κ1) is 14.7. The van der Waals surface area contributed by atoms with Crippen LogP contribution in [0.4, 0.5) is 4.79 Å². The van der Waals surface area contributed by atoms with Crippen LogP contribution in [-0.4, -0.2) is 28.0 Å². The SMILES string of the molecule is CCNC(=O)NC(=O)Cn1cnc2sc3c(c2c1=O)CCC3. The number of fused-ring (bicyclic) bond motifs is 3. The number of thiophene rings is 1. The van der Waals surface area contributed by atoms with E-state index in [-0.39, 0.29) is 12.1 Å². The average molecular weight is 320 g/mol. The molecule has 1 aliphatic rings. The van der Waals surface area contributed by atoms with Crippen molar-refractivity contribution < 1.29 is 9.59 Å². The minimum atomic E-state index is -0.564. The summed E-state index contributed by atoms with van der Waals surface area (Å²) in [5, 5.41) is 5.27. The van der Waals surface area contributed by atoms with E-state index in [0.29, 0.717) is 11.9 Å². The Labute approximate surface area is 130 Å². The number of carbonyl (C=O) groups is 2. The van der Waals surface area contributed by atoms with Crippen LogP contribution in [0.1, 0.15) is 23.8 Å². The van der Waals surface area contributed by atoms with Gasteiger partial charge in [-0.2, -0.15) is 0 Å². The molecule has 0 atom stereocenters. The van der Waals surface area contributed by atoms with Crippen molar-refractivity contribution in [1.29, 1.82) is 0 Å². The van der Waals surface area contributed by atoms with Crippen molar-refractivity contribution in [3.05, 3.63) is 27.1 Å². The molecule has 0 aromatic carbocycles. The molecule has 2 aromatic rings. The van der Waals surface area contributed by atoms with Gasteiger partial charge in [0, 0.05) is 11.4 Å². The predicted molar refractivity (Wildman–Crippen MR) is 83.1 cm³/mol. The molecule has 3 rings (SSSR count). The van der Waals surface area contributed by atoms with E-state index >= 15 is 0 Å². The molecular weight excluding hydrogens is 304 g/mol. The van der Waals surface area contributed by atoms with Gasteiger partial charge in [0.25, 0.3) is 5.56 Å². The zero-order chi connectivity index (χ0) is 15.7. The first-order valence-electron chi connectivity index (χ1n) is 7.17. The highest BCUT2D eigenvalue weighted by Crippen LogP contribution is 2.34. The molecule has 2 aromatic heterocycles. The van der Waals surface area contributed by atoms with Crippen molar-refractivity contribution in [2.24, 2.45) is 0 Å². The summed E-state index contributed by atoms with van der Waals surface area (Å²) in [5.41, 5.74) is 0.867. The topological polar surface area (TPSA) is 93.1 Å². The lowest BCUT2D eigenvalue weighted by atomic mass is 10.2. The van der Waals surface area contributed by atoms with Gasteiger partial charge in [-0.15, -0.1) is 11.3 Å². The third-order valence-corrected chi connectivity index (χ3v) is 4.80. The number of urea groups is 1. The molecule has 0 fully saturated rings. The third kappa shape index (κ3) is 2.61. The van der Waals surface area contributed by atoms with E-state index < -0.39 is 11.9 Å². The van der Waals surface area contributed by atoms with Gasteiger partial charge in [0.05, 0.1) is 11.7 Å². The smallest absolute Gasteiger partial charge is 0.321 e. The zero-order valence-corrected chi connectivity index (χ0v) is 13.0. The lowest BCUT2D eigenvalue weighted by molar-refractivity contribution is -0.120. The Hall–Kier alpha value is -2.22. The van der Waals surface area contributed by atoms with Crippen molar-refractivity contribution in [3.63, 3.8) is 0 Å². The summed E-state index contributed by atoms with van der Waals surface area (Å²) in [6.45, 7) is 1.96. The summed E-state index contributed by atoms with van der Waals surface area (Å²) in [6.07, 6.45) is 4.31. The minimum absolute atomic E-state index is 0.213. The average Bonchev–Trinajstić information content (AvgIpc) is 3.02. The first-order valence-corrected chi connectivity index (χ1v) is 7.99. The Kier molecular flexibility index (Phi) is 3.93. The molecule has 0 unspecified atom stereocenters. The van der Waals surface area contributed by atoms with Crippen molar-refractivity contribution in [1.82, 2.24) is 20.2 Å². The number of aryl methyl sites for hydroxylation is 2. The normalized spacial score (nSPS) is 13.1. The highest BCUT2D eigenvalue weighted by atomic mass is 32.1. The quantitative estimate of drug-likeness (QED) is 0.874. The number of amides is 3. The first-order chi connectivity index (χ1) is 10.6. The number of hydrogen-bond donors (Lipinski definition) is 2. The summed E-state index contributed by atoms with van der Waals surface area (Å²) in [7, 11) is 0. The Morgan fingerprint density at radius 2 is 2.23 bits per heavy atom. The number of nitrogens with one attached hydrogen (secondary N) is 2. The second-order valence-corrected chi connectivity index (χ2v) is 6.21. The van der Waals surface area contributed by atoms with Gasteiger partial charge in [0.1, 0.15) is 11.4 Å². The van der Waals surface area contributed by atoms with Gasteiger partial charge in [-0.1, -0.05) is 0 Å². The standard InChI is InChI=1S/C14H16N4O3S/c1-2-15-14(21)17-10(19)6-18-7-16-12-11(13(18)20)8-4-3-5-9(8)22-12/h7H,2-6H2,1H3,(H2,15,17,19,21). The number of rotatable bonds is 3. The van der Waals surface area contributed by atoms with Crippen LogP contribution >= 0.6 is 11.3 Å². The summed E-state index contributed by atoms with van der Waals surface area (Å²) in [5.74, 6) is -0.541. The maximum Gasteiger partial charge on any atom is 0.321 e. The zero-order valence-electron chi connectivity index (χ0n) is 12.1. The fraction of sp³-hybridized carbons (Fsp3) is 0.429. The Balaban J connectivity index is 1.86. The fourth-order valence-corrected chi connectivity index (χ4v) is 3.88. The lowest BCUT2D eigenvalue weighted by Crippen LogP contribution is -2.42. The molecule has 7 nitrogen and oxygen atoms in total. The van der Waals surface area contributed by atoms with Crippen LogP contribution in [0.3, 0.4) is 0 Å². The summed E-state index contributed by atoms with van der Waals surface area (Å²) >= 11 is 1.56. The number of hydrogen-bond acceptors (Lipinski definition) is 5. The highest BCUT2D eigenvalue weighted by molar-refractivity contribution is 7.18. The second kappa shape index (κ2) is 5.88. The molecule has 8 heteroatoms. The van der Waals surface area contributed by atoms with E-state index in [4.69, 9.17) is 0 Å². The number of nitrogens with zero attached hydrogens (tertiary/aromatic N) is 2. The van der Waals surface area contributed by atoms with Crippen LogP contribution in [0.15, 0.2) is 11.1 Å². The Morgan fingerprint density at radius 1 is 1.41 bits per heavy atom. The van der Waals surface area contributed by atoms with Crippen molar-refractivity contribution in [3.8, 4) is 0 Å². The van der Waals surface area contributed by atoms with E-state index in [0.717, 1.165) is 29.7 Å². The summed E-state index contributed by atoms with van der Waals surface area (Å²) in [4.78, 5) is 41.9. The van der Waals surface area contributed by atoms with E-state index in [1.165, 1.54) is 15.8 Å². The highest BCUT2D eigenvalue weighted by Gasteiger charge is 2.21. The van der Waals surface area contributed by atoms with Crippen molar-refractivity contribution in [2.75, 3.05) is 6.54 Å². The van der Waals surface area contributed by atoms with Crippen LogP contribution in [0.5, 0.6) is 0 Å². The monoisotopic (exact) mass is 320 g/mol. The van der Waals surface area contributed by atoms with Gasteiger partial charge in [0.15, 0.2) is 0 Å². The molecule has 0 spiro atoms. The number of aromatic nitrogens is 2. The van der Waals surface area contributed by atoms with Crippen molar-refractivity contribution in [2.45, 2.75) is 32.7 Å². The molecule has 2 N–H and O–H groups in total. The summed E-state index contributed by atoms with van der Waals surface area (Å²) in [6, 6.07) is -0.564. The number of imide groups is 1. The maximum absolute atomic E-state index is 12.5. The van der Waals surface area contributed by atoms with Crippen LogP contribution < -0.4 is 16.2 Å². The fourth-order valence-electron chi connectivity index (χ4n) is 2.66. The van der Waals surface area contributed by atoms with Gasteiger partial charge in [-0.05, 0) is 31.7 Å². The molecule has 2 heterocycles. The molecule has 3 amide bonds. The molecule has 0 saturated heterocycles. The molecule has 0 aliphatic heterocycles. The molecule has 22 heavy (non-hydrogen) atoms. The Morgan fingerprint density at radius 3 is 3.00 bits per heavy atom. The van der Waals surface area contributed by atoms with Gasteiger partial charge in [-0.25, -0.2) is 9.78 Å². The van der Waals surface area contributed by atoms with Gasteiger partial charge < -0.3 is 5.32 Å². The molecule has 0 radical (unpaired) electrons. The second-order valence-electron chi connectivity index (χ2n) is 5.12. The van der Waals surface area contributed by atoms with Gasteiger partial charge >= 0.3 is 6.03 Å². The van der Waals surface area contributed by atoms with E-state index in [9.17, 15) is 14.4 Å². The third-order valence-electron chi connectivity index (χ3n) is 3.60.